The van der Waals surface area contributed by atoms with Crippen LogP contribution in [-0.4, -0.2) is 6.85 Å². The summed E-state index contributed by atoms with van der Waals surface area (Å²) in [5.41, 5.74) is 26.4. The highest BCUT2D eigenvalue weighted by Gasteiger charge is 2.50. The third kappa shape index (κ3) is 5.85. The fraction of sp³-hybridized carbons (Fsp3) is 0.250. The van der Waals surface area contributed by atoms with Gasteiger partial charge in [0.25, 0.3) is 0 Å². The van der Waals surface area contributed by atoms with E-state index in [0.29, 0.717) is 0 Å². The molecular formula is C64H59BN2O. The van der Waals surface area contributed by atoms with Crippen LogP contribution in [0.3, 0.4) is 0 Å². The van der Waals surface area contributed by atoms with Gasteiger partial charge in [-0.15, -0.1) is 0 Å². The Bertz CT molecular complexity index is 3570. The summed E-state index contributed by atoms with van der Waals surface area (Å²) < 4.78 is 7.19. The summed E-state index contributed by atoms with van der Waals surface area (Å²) in [7, 11) is 0. The summed E-state index contributed by atoms with van der Waals surface area (Å²) in [4.78, 5) is 5.35. The smallest absolute Gasteiger partial charge is 0.333 e. The molecule has 13 rings (SSSR count). The summed E-state index contributed by atoms with van der Waals surface area (Å²) >= 11 is 0. The molecule has 0 N–H and O–H groups in total. The lowest BCUT2D eigenvalue weighted by atomic mass is 9.42. The van der Waals surface area contributed by atoms with Gasteiger partial charge < -0.3 is 14.1 Å². The van der Waals surface area contributed by atoms with E-state index in [1.165, 1.54) is 111 Å². The van der Waals surface area contributed by atoms with E-state index in [-0.39, 0.29) is 23.1 Å². The molecule has 0 saturated heterocycles. The van der Waals surface area contributed by atoms with Crippen molar-refractivity contribution in [3.05, 3.63) is 185 Å². The van der Waals surface area contributed by atoms with Gasteiger partial charge in [0.1, 0.15) is 11.2 Å². The summed E-state index contributed by atoms with van der Waals surface area (Å²) in [6.45, 7) is 19.0. The molecule has 0 saturated carbocycles. The first-order valence-corrected chi connectivity index (χ1v) is 25.1. The molecule has 4 heteroatoms. The van der Waals surface area contributed by atoms with Gasteiger partial charge in [-0.25, -0.2) is 0 Å². The van der Waals surface area contributed by atoms with Gasteiger partial charge in [0.15, 0.2) is 0 Å². The second-order valence-electron chi connectivity index (χ2n) is 22.2. The van der Waals surface area contributed by atoms with Crippen LogP contribution < -0.4 is 20.6 Å². The van der Waals surface area contributed by atoms with Crippen LogP contribution in [0.5, 0.6) is 0 Å². The number of rotatable bonds is 6. The normalized spacial score (nSPS) is 16.6. The molecule has 0 bridgehead atoms. The van der Waals surface area contributed by atoms with Crippen molar-refractivity contribution in [2.75, 3.05) is 9.71 Å². The Hall–Kier alpha value is -6.78. The zero-order chi connectivity index (χ0) is 46.4. The average molecular weight is 883 g/mol. The van der Waals surface area contributed by atoms with Crippen LogP contribution in [0.25, 0.3) is 55.3 Å². The topological polar surface area (TPSA) is 19.6 Å². The van der Waals surface area contributed by atoms with Crippen molar-refractivity contribution in [3.8, 4) is 33.4 Å². The minimum atomic E-state index is -0.204. The number of hydrogen-bond donors (Lipinski definition) is 0. The monoisotopic (exact) mass is 882 g/mol. The Kier molecular flexibility index (Phi) is 8.90. The number of para-hydroxylation sites is 2. The largest absolute Gasteiger partial charge is 0.456 e. The molecule has 334 valence electrons. The Morgan fingerprint density at radius 3 is 2.01 bits per heavy atom. The number of fused-ring (bicyclic) bond motifs is 10. The fourth-order valence-electron chi connectivity index (χ4n) is 12.9. The van der Waals surface area contributed by atoms with E-state index in [9.17, 15) is 0 Å². The van der Waals surface area contributed by atoms with Crippen LogP contribution >= 0.6 is 0 Å². The number of anilines is 5. The number of benzene rings is 8. The van der Waals surface area contributed by atoms with Gasteiger partial charge in [-0.05, 0) is 152 Å². The van der Waals surface area contributed by atoms with Crippen molar-refractivity contribution in [2.24, 2.45) is 0 Å². The van der Waals surface area contributed by atoms with E-state index < -0.39 is 0 Å². The van der Waals surface area contributed by atoms with Gasteiger partial charge in [-0.1, -0.05) is 158 Å². The molecule has 3 nitrogen and oxygen atoms in total. The molecule has 0 spiro atoms. The first kappa shape index (κ1) is 41.4. The van der Waals surface area contributed by atoms with Crippen LogP contribution in [0, 0.1) is 6.92 Å². The third-order valence-corrected chi connectivity index (χ3v) is 16.8. The maximum Gasteiger partial charge on any atom is 0.333 e. The Morgan fingerprint density at radius 2 is 1.22 bits per heavy atom. The van der Waals surface area contributed by atoms with Crippen molar-refractivity contribution >= 4 is 68.1 Å². The summed E-state index contributed by atoms with van der Waals surface area (Å²) in [6.07, 6.45) is 5.69. The van der Waals surface area contributed by atoms with E-state index in [1.807, 2.05) is 0 Å². The minimum Gasteiger partial charge on any atom is -0.456 e. The van der Waals surface area contributed by atoms with Crippen molar-refractivity contribution in [1.29, 1.82) is 0 Å². The standard InChI is InChI=1S/C64H59BN2O/c1-9-10-20-40-28-29-54(45(32-40)41-21-12-11-13-22-41)66-56-38-59-47(46-35-51-52(37-58(46)68-59)63(5,6)31-30-62(51,3)4)36-53(56)65-60-48(33-42(34-57(60)66)43-23-15-14-19-39(43)2)44-24-18-26-50-61(44)67(65)55-27-17-16-25-49(55)64(50,7)8/h11-19,21-29,32-38H,9-10,20,30-31H2,1-8H3. The SMILES string of the molecule is CCCCc1ccc(N2c3cc4oc5cc6c(cc5c4cc3B3c4c(cc(-c5ccccc5C)cc42)-c2cccc4c2N3c2ccccc2C4(C)C)C(C)(C)CCC6(C)C)c(-c2ccccc2)c1. The van der Waals surface area contributed by atoms with Crippen LogP contribution in [-0.2, 0) is 22.7 Å². The Morgan fingerprint density at radius 1 is 0.529 bits per heavy atom. The van der Waals surface area contributed by atoms with E-state index in [1.54, 1.807) is 0 Å². The molecule has 68 heavy (non-hydrogen) atoms. The van der Waals surface area contributed by atoms with E-state index >= 15 is 0 Å². The highest BCUT2D eigenvalue weighted by molar-refractivity contribution is 6.94. The van der Waals surface area contributed by atoms with Crippen molar-refractivity contribution in [1.82, 2.24) is 0 Å². The first-order chi connectivity index (χ1) is 32.8. The molecule has 1 aromatic heterocycles. The first-order valence-electron chi connectivity index (χ1n) is 25.1. The molecule has 0 unspecified atom stereocenters. The van der Waals surface area contributed by atoms with Gasteiger partial charge in [-0.2, -0.15) is 0 Å². The van der Waals surface area contributed by atoms with E-state index in [0.717, 1.165) is 49.0 Å². The van der Waals surface area contributed by atoms with Crippen LogP contribution in [0.1, 0.15) is 108 Å². The zero-order valence-electron chi connectivity index (χ0n) is 40.8. The fourth-order valence-corrected chi connectivity index (χ4v) is 12.9. The zero-order valence-corrected chi connectivity index (χ0v) is 40.8. The Balaban J connectivity index is 1.19. The van der Waals surface area contributed by atoms with E-state index in [2.05, 4.69) is 217 Å². The number of hydrogen-bond acceptors (Lipinski definition) is 3. The lowest BCUT2D eigenvalue weighted by Gasteiger charge is -2.51. The van der Waals surface area contributed by atoms with Crippen LogP contribution in [0.15, 0.2) is 156 Å². The quantitative estimate of drug-likeness (QED) is 0.155. The molecule has 3 aliphatic heterocycles. The maximum atomic E-state index is 7.19. The van der Waals surface area contributed by atoms with Gasteiger partial charge in [0.2, 0.25) is 0 Å². The molecule has 0 atom stereocenters. The lowest BCUT2D eigenvalue weighted by Crippen LogP contribution is -2.63. The molecule has 9 aromatic rings. The second kappa shape index (κ2) is 14.6. The van der Waals surface area contributed by atoms with Crippen LogP contribution in [0.2, 0.25) is 0 Å². The van der Waals surface area contributed by atoms with Gasteiger partial charge in [-0.3, -0.25) is 0 Å². The lowest BCUT2D eigenvalue weighted by molar-refractivity contribution is 0.332. The Labute approximate surface area is 402 Å². The number of nitrogens with zero attached hydrogens (tertiary/aromatic N) is 2. The number of aryl methyl sites for hydroxylation is 2. The van der Waals surface area contributed by atoms with Crippen molar-refractivity contribution in [2.45, 2.75) is 104 Å². The average Bonchev–Trinajstić information content (AvgIpc) is 3.70. The highest BCUT2D eigenvalue weighted by atomic mass is 16.3. The summed E-state index contributed by atoms with van der Waals surface area (Å²) in [5, 5.41) is 2.40. The number of furan rings is 1. The van der Waals surface area contributed by atoms with Gasteiger partial charge in [0, 0.05) is 56.1 Å². The van der Waals surface area contributed by atoms with E-state index in [4.69, 9.17) is 4.42 Å². The molecule has 0 radical (unpaired) electrons. The summed E-state index contributed by atoms with van der Waals surface area (Å²) in [5.74, 6) is 0. The molecule has 1 aliphatic carbocycles. The van der Waals surface area contributed by atoms with Crippen molar-refractivity contribution < 1.29 is 4.42 Å². The van der Waals surface area contributed by atoms with Gasteiger partial charge >= 0.3 is 6.85 Å². The molecule has 4 heterocycles. The predicted octanol–water partition coefficient (Wildman–Crippen LogP) is 16.3. The number of unbranched alkanes of at least 4 members (excludes halogenated alkanes) is 1. The molecular weight excluding hydrogens is 824 g/mol. The molecule has 4 aliphatic rings. The van der Waals surface area contributed by atoms with Gasteiger partial charge in [0.05, 0.1) is 5.69 Å². The summed E-state index contributed by atoms with van der Waals surface area (Å²) in [6, 6.07) is 58.4. The predicted molar refractivity (Wildman–Crippen MR) is 289 cm³/mol. The third-order valence-electron chi connectivity index (χ3n) is 16.8. The second-order valence-corrected chi connectivity index (χ2v) is 22.2. The van der Waals surface area contributed by atoms with Crippen molar-refractivity contribution in [3.63, 3.8) is 0 Å². The maximum absolute atomic E-state index is 7.19. The molecule has 8 aromatic carbocycles. The van der Waals surface area contributed by atoms with Crippen LogP contribution in [0.4, 0.5) is 28.4 Å². The molecule has 0 amide bonds. The minimum absolute atomic E-state index is 0.0701. The molecule has 0 fully saturated rings. The highest BCUT2D eigenvalue weighted by Crippen LogP contribution is 2.57.